The van der Waals surface area contributed by atoms with Crippen LogP contribution in [0.15, 0.2) is 11.6 Å². The Morgan fingerprint density at radius 1 is 1.54 bits per heavy atom. The molecule has 0 heterocycles. The van der Waals surface area contributed by atoms with Crippen molar-refractivity contribution in [1.82, 2.24) is 0 Å². The monoisotopic (exact) mass is 178 g/mol. The average molecular weight is 178 g/mol. The fourth-order valence-electron chi connectivity index (χ4n) is 4.03. The van der Waals surface area contributed by atoms with Gasteiger partial charge in [0.05, 0.1) is 6.10 Å². The van der Waals surface area contributed by atoms with E-state index < -0.39 is 0 Å². The summed E-state index contributed by atoms with van der Waals surface area (Å²) in [5.74, 6) is 1.66. The van der Waals surface area contributed by atoms with Crippen molar-refractivity contribution in [2.75, 3.05) is 0 Å². The molecule has 3 rings (SSSR count). The quantitative estimate of drug-likeness (QED) is 0.565. The molecule has 3 aliphatic rings. The molecule has 2 bridgehead atoms. The van der Waals surface area contributed by atoms with E-state index in [0.717, 1.165) is 18.3 Å². The van der Waals surface area contributed by atoms with E-state index in [1.54, 1.807) is 0 Å². The highest BCUT2D eigenvalue weighted by Gasteiger charge is 2.53. The molecular formula is C12H18O. The second-order valence-electron chi connectivity index (χ2n) is 5.31. The lowest BCUT2D eigenvalue weighted by Gasteiger charge is -2.33. The molecule has 2 fully saturated rings. The Balaban J connectivity index is 2.07. The van der Waals surface area contributed by atoms with Crippen molar-refractivity contribution < 1.29 is 5.11 Å². The van der Waals surface area contributed by atoms with Gasteiger partial charge in [0.25, 0.3) is 0 Å². The molecule has 2 saturated carbocycles. The van der Waals surface area contributed by atoms with E-state index >= 15 is 0 Å². The van der Waals surface area contributed by atoms with Gasteiger partial charge in [-0.3, -0.25) is 0 Å². The summed E-state index contributed by atoms with van der Waals surface area (Å²) in [6, 6.07) is 0. The van der Waals surface area contributed by atoms with Gasteiger partial charge in [0.15, 0.2) is 0 Å². The van der Waals surface area contributed by atoms with Crippen LogP contribution in [0.5, 0.6) is 0 Å². The van der Waals surface area contributed by atoms with Gasteiger partial charge in [0.1, 0.15) is 0 Å². The molecule has 1 N–H and O–H groups in total. The van der Waals surface area contributed by atoms with Crippen LogP contribution in [0, 0.1) is 17.3 Å². The maximum Gasteiger partial charge on any atom is 0.0758 e. The highest BCUT2D eigenvalue weighted by molar-refractivity contribution is 5.30. The van der Waals surface area contributed by atoms with E-state index in [-0.39, 0.29) is 6.10 Å². The molecule has 3 aliphatic carbocycles. The number of aliphatic hydroxyl groups excluding tert-OH is 1. The van der Waals surface area contributed by atoms with Crippen LogP contribution >= 0.6 is 0 Å². The third-order valence-corrected chi connectivity index (χ3v) is 4.78. The van der Waals surface area contributed by atoms with Gasteiger partial charge in [-0.25, -0.2) is 0 Å². The summed E-state index contributed by atoms with van der Waals surface area (Å²) in [7, 11) is 0. The number of hydrogen-bond acceptors (Lipinski definition) is 1. The summed E-state index contributed by atoms with van der Waals surface area (Å²) in [6.07, 6.45) is 8.62. The maximum absolute atomic E-state index is 9.94. The van der Waals surface area contributed by atoms with Gasteiger partial charge in [-0.1, -0.05) is 13.0 Å². The first-order valence-corrected chi connectivity index (χ1v) is 5.61. The summed E-state index contributed by atoms with van der Waals surface area (Å²) in [4.78, 5) is 0. The predicted octanol–water partition coefficient (Wildman–Crippen LogP) is 2.50. The van der Waals surface area contributed by atoms with Crippen molar-refractivity contribution in [3.05, 3.63) is 11.6 Å². The number of allylic oxidation sites excluding steroid dienone is 1. The topological polar surface area (TPSA) is 20.2 Å². The Bertz CT molecular complexity index is 268. The molecule has 72 valence electrons. The Labute approximate surface area is 79.8 Å². The SMILES string of the molecule is C[C@H]1CC(O)C2=CC[C@@H]3CC[C@@]21C3. The van der Waals surface area contributed by atoms with Gasteiger partial charge in [-0.15, -0.1) is 0 Å². The van der Waals surface area contributed by atoms with E-state index in [4.69, 9.17) is 0 Å². The number of rotatable bonds is 0. The molecule has 1 spiro atoms. The van der Waals surface area contributed by atoms with Crippen LogP contribution in [0.25, 0.3) is 0 Å². The third-order valence-electron chi connectivity index (χ3n) is 4.78. The van der Waals surface area contributed by atoms with Crippen molar-refractivity contribution in [3.63, 3.8) is 0 Å². The molecule has 1 heteroatoms. The normalized spacial score (nSPS) is 53.4. The lowest BCUT2D eigenvalue weighted by atomic mass is 9.71. The maximum atomic E-state index is 9.94. The molecule has 1 nitrogen and oxygen atoms in total. The fraction of sp³-hybridized carbons (Fsp3) is 0.833. The van der Waals surface area contributed by atoms with Gasteiger partial charge in [0.2, 0.25) is 0 Å². The van der Waals surface area contributed by atoms with E-state index in [1.165, 1.54) is 31.3 Å². The fourth-order valence-corrected chi connectivity index (χ4v) is 4.03. The zero-order valence-electron chi connectivity index (χ0n) is 8.29. The second-order valence-corrected chi connectivity index (χ2v) is 5.31. The second kappa shape index (κ2) is 2.38. The number of fused-ring (bicyclic) bond motifs is 1. The molecular weight excluding hydrogens is 160 g/mol. The Kier molecular flexibility index (Phi) is 1.48. The summed E-state index contributed by atoms with van der Waals surface area (Å²) in [6.45, 7) is 2.33. The zero-order chi connectivity index (χ0) is 9.05. The predicted molar refractivity (Wildman–Crippen MR) is 52.3 cm³/mol. The minimum absolute atomic E-state index is 0.103. The lowest BCUT2D eigenvalue weighted by molar-refractivity contribution is 0.209. The Hall–Kier alpha value is -0.300. The minimum atomic E-state index is -0.103. The van der Waals surface area contributed by atoms with Crippen LogP contribution in [0.4, 0.5) is 0 Å². The zero-order valence-corrected chi connectivity index (χ0v) is 8.29. The van der Waals surface area contributed by atoms with Crippen LogP contribution in [0.3, 0.4) is 0 Å². The van der Waals surface area contributed by atoms with Crippen molar-refractivity contribution in [3.8, 4) is 0 Å². The number of aliphatic hydroxyl groups is 1. The van der Waals surface area contributed by atoms with Gasteiger partial charge in [-0.05, 0) is 54.9 Å². The van der Waals surface area contributed by atoms with Gasteiger partial charge in [-0.2, -0.15) is 0 Å². The third kappa shape index (κ3) is 0.864. The van der Waals surface area contributed by atoms with Crippen molar-refractivity contribution in [2.24, 2.45) is 17.3 Å². The first-order chi connectivity index (χ1) is 6.22. The first kappa shape index (κ1) is 8.05. The summed E-state index contributed by atoms with van der Waals surface area (Å²) in [5, 5.41) is 9.94. The van der Waals surface area contributed by atoms with Gasteiger partial charge < -0.3 is 5.11 Å². The summed E-state index contributed by atoms with van der Waals surface area (Å²) in [5.41, 5.74) is 1.86. The molecule has 0 aromatic carbocycles. The van der Waals surface area contributed by atoms with Crippen LogP contribution in [-0.2, 0) is 0 Å². The van der Waals surface area contributed by atoms with Crippen molar-refractivity contribution in [2.45, 2.75) is 45.1 Å². The van der Waals surface area contributed by atoms with Gasteiger partial charge >= 0.3 is 0 Å². The van der Waals surface area contributed by atoms with Crippen molar-refractivity contribution in [1.29, 1.82) is 0 Å². The molecule has 0 aromatic rings. The first-order valence-electron chi connectivity index (χ1n) is 5.61. The van der Waals surface area contributed by atoms with Crippen LogP contribution in [-0.4, -0.2) is 11.2 Å². The Morgan fingerprint density at radius 2 is 2.38 bits per heavy atom. The smallest absolute Gasteiger partial charge is 0.0758 e. The molecule has 0 aromatic heterocycles. The van der Waals surface area contributed by atoms with E-state index in [1.807, 2.05) is 0 Å². The molecule has 0 aliphatic heterocycles. The molecule has 4 atom stereocenters. The van der Waals surface area contributed by atoms with Gasteiger partial charge in [0, 0.05) is 0 Å². The largest absolute Gasteiger partial charge is 0.389 e. The van der Waals surface area contributed by atoms with E-state index in [0.29, 0.717) is 5.41 Å². The highest BCUT2D eigenvalue weighted by atomic mass is 16.3. The standard InChI is InChI=1S/C12H18O/c1-8-6-11(13)10-3-2-9-4-5-12(8,10)7-9/h3,8-9,11,13H,2,4-7H2,1H3/t8-,9+,11?,12-/m0/s1. The molecule has 0 amide bonds. The minimum Gasteiger partial charge on any atom is -0.389 e. The van der Waals surface area contributed by atoms with Crippen LogP contribution in [0.1, 0.15) is 39.0 Å². The van der Waals surface area contributed by atoms with E-state index in [2.05, 4.69) is 13.0 Å². The molecule has 13 heavy (non-hydrogen) atoms. The summed E-state index contributed by atoms with van der Waals surface area (Å²) < 4.78 is 0. The highest BCUT2D eigenvalue weighted by Crippen LogP contribution is 2.61. The number of hydrogen-bond donors (Lipinski definition) is 1. The molecule has 1 unspecified atom stereocenters. The van der Waals surface area contributed by atoms with E-state index in [9.17, 15) is 5.11 Å². The van der Waals surface area contributed by atoms with Crippen molar-refractivity contribution >= 4 is 0 Å². The molecule has 0 saturated heterocycles. The van der Waals surface area contributed by atoms with Crippen LogP contribution in [0.2, 0.25) is 0 Å². The van der Waals surface area contributed by atoms with Crippen LogP contribution < -0.4 is 0 Å². The molecule has 0 radical (unpaired) electrons. The average Bonchev–Trinajstić information content (AvgIpc) is 2.56. The Morgan fingerprint density at radius 3 is 3.23 bits per heavy atom. The lowest BCUT2D eigenvalue weighted by Crippen LogP contribution is -2.25. The summed E-state index contributed by atoms with van der Waals surface area (Å²) >= 11 is 0.